The largest absolute Gasteiger partial charge is 0.490 e. The molecule has 0 saturated carbocycles. The second kappa shape index (κ2) is 11.2. The number of halogens is 3. The van der Waals surface area contributed by atoms with Crippen LogP contribution >= 0.6 is 61.1 Å². The van der Waals surface area contributed by atoms with Gasteiger partial charge in [0, 0.05) is 12.7 Å². The first kappa shape index (κ1) is 25.2. The van der Waals surface area contributed by atoms with Crippen molar-refractivity contribution in [1.82, 2.24) is 0 Å². The number of hydrogen-bond acceptors (Lipinski definition) is 5. The maximum Gasteiger partial charge on any atom is 0.363 e. The van der Waals surface area contributed by atoms with Crippen LogP contribution in [0.5, 0.6) is 11.5 Å². The van der Waals surface area contributed by atoms with Crippen molar-refractivity contribution in [3.05, 3.63) is 94.2 Å². The highest BCUT2D eigenvalue weighted by atomic mass is 127. The Hall–Kier alpha value is -1.92. The molecule has 0 unspecified atom stereocenters. The molecule has 34 heavy (non-hydrogen) atoms. The van der Waals surface area contributed by atoms with Gasteiger partial charge in [-0.15, -0.1) is 0 Å². The molecule has 5 nitrogen and oxygen atoms in total. The predicted molar refractivity (Wildman–Crippen MR) is 153 cm³/mol. The van der Waals surface area contributed by atoms with Gasteiger partial charge in [0.05, 0.1) is 11.1 Å². The molecule has 0 spiro atoms. The Morgan fingerprint density at radius 2 is 1.91 bits per heavy atom. The lowest BCUT2D eigenvalue weighted by atomic mass is 10.1. The van der Waals surface area contributed by atoms with Crippen molar-refractivity contribution in [1.29, 1.82) is 0 Å². The molecule has 0 bridgehead atoms. The molecule has 0 radical (unpaired) electrons. The Kier molecular flexibility index (Phi) is 8.30. The first-order valence-electron chi connectivity index (χ1n) is 10.5. The molecule has 1 aliphatic heterocycles. The summed E-state index contributed by atoms with van der Waals surface area (Å²) in [6.07, 6.45) is 1.69. The number of aryl methyl sites for hydroxylation is 1. The SMILES string of the molecule is CCOc1cc(/C=C2\N=C(c3ccc(I)c(C)c3)OC2=O)cc(Br)c1OCc1cccc(I)c1. The van der Waals surface area contributed by atoms with Crippen molar-refractivity contribution in [3.8, 4) is 11.5 Å². The molecule has 0 N–H and O–H groups in total. The van der Waals surface area contributed by atoms with Gasteiger partial charge in [-0.1, -0.05) is 12.1 Å². The van der Waals surface area contributed by atoms with Crippen LogP contribution in [0.15, 0.2) is 69.8 Å². The molecule has 0 aromatic heterocycles. The number of ether oxygens (including phenoxy) is 3. The molecule has 3 aromatic rings. The zero-order chi connectivity index (χ0) is 24.2. The summed E-state index contributed by atoms with van der Waals surface area (Å²) in [6, 6.07) is 17.7. The zero-order valence-corrected chi connectivity index (χ0v) is 24.3. The predicted octanol–water partition coefficient (Wildman–Crippen LogP) is 7.29. The van der Waals surface area contributed by atoms with Crippen molar-refractivity contribution >= 4 is 79.1 Å². The first-order chi connectivity index (χ1) is 16.3. The molecule has 1 aliphatic rings. The zero-order valence-electron chi connectivity index (χ0n) is 18.4. The number of rotatable bonds is 7. The van der Waals surface area contributed by atoms with Crippen LogP contribution in [0.2, 0.25) is 0 Å². The second-order valence-electron chi connectivity index (χ2n) is 7.48. The average molecular weight is 744 g/mol. The lowest BCUT2D eigenvalue weighted by molar-refractivity contribution is -0.129. The highest BCUT2D eigenvalue weighted by molar-refractivity contribution is 14.1. The number of aliphatic imine (C=N–C) groups is 1. The van der Waals surface area contributed by atoms with Crippen LogP contribution in [0.3, 0.4) is 0 Å². The van der Waals surface area contributed by atoms with Crippen molar-refractivity contribution < 1.29 is 19.0 Å². The number of nitrogens with zero attached hydrogens (tertiary/aromatic N) is 1. The third-order valence-electron chi connectivity index (χ3n) is 4.93. The van der Waals surface area contributed by atoms with E-state index >= 15 is 0 Å². The van der Waals surface area contributed by atoms with E-state index in [0.717, 1.165) is 33.9 Å². The van der Waals surface area contributed by atoms with Gasteiger partial charge in [-0.3, -0.25) is 0 Å². The normalized spacial score (nSPS) is 14.2. The summed E-state index contributed by atoms with van der Waals surface area (Å²) in [4.78, 5) is 16.9. The summed E-state index contributed by atoms with van der Waals surface area (Å²) < 4.78 is 20.4. The maximum absolute atomic E-state index is 12.5. The first-order valence-corrected chi connectivity index (χ1v) is 13.4. The quantitative estimate of drug-likeness (QED) is 0.145. The van der Waals surface area contributed by atoms with Gasteiger partial charge in [0.15, 0.2) is 17.2 Å². The molecule has 4 rings (SSSR count). The van der Waals surface area contributed by atoms with Crippen LogP contribution in [0.4, 0.5) is 0 Å². The third-order valence-corrected chi connectivity index (χ3v) is 7.40. The molecule has 0 saturated heterocycles. The fraction of sp³-hybridized carbons (Fsp3) is 0.154. The molecule has 0 fully saturated rings. The van der Waals surface area contributed by atoms with E-state index in [4.69, 9.17) is 14.2 Å². The summed E-state index contributed by atoms with van der Waals surface area (Å²) in [5.74, 6) is 1.00. The fourth-order valence-electron chi connectivity index (χ4n) is 3.32. The molecule has 0 atom stereocenters. The van der Waals surface area contributed by atoms with Crippen LogP contribution in [0.1, 0.15) is 29.2 Å². The van der Waals surface area contributed by atoms with Crippen LogP contribution in [-0.2, 0) is 16.1 Å². The van der Waals surface area contributed by atoms with Gasteiger partial charge in [0.2, 0.25) is 5.90 Å². The number of benzene rings is 3. The Labute approximate surface area is 234 Å². The van der Waals surface area contributed by atoms with Crippen LogP contribution < -0.4 is 9.47 Å². The van der Waals surface area contributed by atoms with E-state index in [1.165, 1.54) is 0 Å². The minimum atomic E-state index is -0.487. The van der Waals surface area contributed by atoms with Gasteiger partial charge in [-0.25, -0.2) is 9.79 Å². The number of cyclic esters (lactones) is 1. The summed E-state index contributed by atoms with van der Waals surface area (Å²) in [5, 5.41) is 0. The van der Waals surface area contributed by atoms with Crippen molar-refractivity contribution in [3.63, 3.8) is 0 Å². The lowest BCUT2D eigenvalue weighted by Crippen LogP contribution is -2.05. The van der Waals surface area contributed by atoms with Crippen molar-refractivity contribution in [2.75, 3.05) is 6.61 Å². The topological polar surface area (TPSA) is 57.1 Å². The molecule has 1 heterocycles. The number of esters is 1. The van der Waals surface area contributed by atoms with Gasteiger partial charge < -0.3 is 14.2 Å². The summed E-state index contributed by atoms with van der Waals surface area (Å²) in [5.41, 5.74) is 3.90. The number of carbonyl (C=O) groups excluding carboxylic acids is 1. The average Bonchev–Trinajstić information content (AvgIpc) is 3.15. The summed E-state index contributed by atoms with van der Waals surface area (Å²) in [6.45, 7) is 4.80. The Balaban J connectivity index is 1.61. The second-order valence-corrected chi connectivity index (χ2v) is 10.7. The summed E-state index contributed by atoms with van der Waals surface area (Å²) >= 11 is 8.14. The maximum atomic E-state index is 12.5. The standard InChI is InChI=1S/C26H20BrI2NO4/c1-3-32-23-13-17(11-20(27)24(23)33-14-16-5-4-6-19(28)10-16)12-22-26(31)34-25(30-22)18-7-8-21(29)15(2)9-18/h4-13H,3,14H2,1-2H3/b22-12-. The third kappa shape index (κ3) is 6.01. The van der Waals surface area contributed by atoms with E-state index < -0.39 is 5.97 Å². The molecule has 8 heteroatoms. The number of carbonyl (C=O) groups is 1. The van der Waals surface area contributed by atoms with Gasteiger partial charge in [0.25, 0.3) is 0 Å². The minimum Gasteiger partial charge on any atom is -0.490 e. The Bertz CT molecular complexity index is 1320. The van der Waals surface area contributed by atoms with Gasteiger partial charge >= 0.3 is 5.97 Å². The van der Waals surface area contributed by atoms with E-state index in [0.29, 0.717) is 30.6 Å². The van der Waals surface area contributed by atoms with Gasteiger partial charge in [0.1, 0.15) is 6.61 Å². The Morgan fingerprint density at radius 3 is 2.65 bits per heavy atom. The van der Waals surface area contributed by atoms with E-state index in [2.05, 4.69) is 72.2 Å². The molecule has 0 amide bonds. The van der Waals surface area contributed by atoms with Gasteiger partial charge in [-0.05, 0) is 140 Å². The highest BCUT2D eigenvalue weighted by Gasteiger charge is 2.25. The Morgan fingerprint density at radius 1 is 1.09 bits per heavy atom. The molecule has 174 valence electrons. The van der Waals surface area contributed by atoms with E-state index in [1.807, 2.05) is 62.4 Å². The van der Waals surface area contributed by atoms with Crippen molar-refractivity contribution in [2.45, 2.75) is 20.5 Å². The summed E-state index contributed by atoms with van der Waals surface area (Å²) in [7, 11) is 0. The van der Waals surface area contributed by atoms with E-state index in [-0.39, 0.29) is 5.70 Å². The molecular formula is C26H20BrI2NO4. The van der Waals surface area contributed by atoms with Crippen LogP contribution in [0, 0.1) is 14.1 Å². The molecule has 0 aliphatic carbocycles. The van der Waals surface area contributed by atoms with Crippen LogP contribution in [-0.4, -0.2) is 18.5 Å². The lowest BCUT2D eigenvalue weighted by Gasteiger charge is -2.15. The smallest absolute Gasteiger partial charge is 0.363 e. The number of hydrogen-bond donors (Lipinski definition) is 0. The monoisotopic (exact) mass is 743 g/mol. The fourth-order valence-corrected chi connectivity index (χ4v) is 4.84. The van der Waals surface area contributed by atoms with Gasteiger partial charge in [-0.2, -0.15) is 0 Å². The molecular weight excluding hydrogens is 724 g/mol. The highest BCUT2D eigenvalue weighted by Crippen LogP contribution is 2.38. The van der Waals surface area contributed by atoms with E-state index in [9.17, 15) is 4.79 Å². The van der Waals surface area contributed by atoms with Crippen molar-refractivity contribution in [2.24, 2.45) is 4.99 Å². The minimum absolute atomic E-state index is 0.230. The van der Waals surface area contributed by atoms with E-state index in [1.54, 1.807) is 6.08 Å². The molecule has 3 aromatic carbocycles. The van der Waals surface area contributed by atoms with Crippen LogP contribution in [0.25, 0.3) is 6.08 Å².